The first-order valence-electron chi connectivity index (χ1n) is 8.56. The van der Waals surface area contributed by atoms with Crippen LogP contribution in [0.15, 0.2) is 36.4 Å². The van der Waals surface area contributed by atoms with E-state index in [9.17, 15) is 13.2 Å². The summed E-state index contributed by atoms with van der Waals surface area (Å²) in [5.74, 6) is -0.540. The van der Waals surface area contributed by atoms with Gasteiger partial charge in [0, 0.05) is 38.3 Å². The summed E-state index contributed by atoms with van der Waals surface area (Å²) in [4.78, 5) is 15.1. The third kappa shape index (κ3) is 4.68. The number of hydrogen-bond acceptors (Lipinski definition) is 5. The molecule has 3 rings (SSSR count). The minimum Gasteiger partial charge on any atom is -0.481 e. The van der Waals surface area contributed by atoms with Crippen molar-refractivity contribution in [3.8, 4) is 0 Å². The molecule has 7 heteroatoms. The number of carboxylic acids is 1. The predicted molar refractivity (Wildman–Crippen MR) is 97.1 cm³/mol. The average molecular weight is 364 g/mol. The molecular formula is C18H24N2O4S. The summed E-state index contributed by atoms with van der Waals surface area (Å²) >= 11 is 0. The van der Waals surface area contributed by atoms with E-state index in [0.29, 0.717) is 19.6 Å². The number of nitrogens with zero attached hydrogens (tertiary/aromatic N) is 2. The number of fused-ring (bicyclic) bond motifs is 1. The van der Waals surface area contributed by atoms with Crippen LogP contribution in [0.4, 0.5) is 0 Å². The maximum atomic E-state index is 12.1. The molecular weight excluding hydrogens is 340 g/mol. The molecule has 2 aliphatic heterocycles. The number of sulfone groups is 1. The van der Waals surface area contributed by atoms with Gasteiger partial charge in [-0.15, -0.1) is 0 Å². The number of rotatable bonds is 6. The summed E-state index contributed by atoms with van der Waals surface area (Å²) in [7, 11) is -3.07. The molecule has 1 aromatic carbocycles. The largest absolute Gasteiger partial charge is 0.481 e. The Balaban J connectivity index is 1.66. The molecule has 2 fully saturated rings. The van der Waals surface area contributed by atoms with Crippen molar-refractivity contribution in [3.63, 3.8) is 0 Å². The standard InChI is InChI=1S/C18H24N2O4S/c21-18(22)8-10-20-12-11-19(16-13-25(23,24)14-17(16)20)9-4-7-15-5-2-1-3-6-15/h1-7,16-17H,8-14H2,(H,21,22)/b7-4+/t16-,17+/m0/s1. The molecule has 0 unspecified atom stereocenters. The maximum absolute atomic E-state index is 12.1. The number of piperazine rings is 1. The minimum absolute atomic E-state index is 0.0482. The zero-order valence-electron chi connectivity index (χ0n) is 14.1. The molecule has 0 spiro atoms. The van der Waals surface area contributed by atoms with Gasteiger partial charge in [0.15, 0.2) is 9.84 Å². The van der Waals surface area contributed by atoms with Crippen molar-refractivity contribution in [1.82, 2.24) is 9.80 Å². The highest BCUT2D eigenvalue weighted by Gasteiger charge is 2.45. The third-order valence-corrected chi connectivity index (χ3v) is 6.67. The Morgan fingerprint density at radius 2 is 1.76 bits per heavy atom. The van der Waals surface area contributed by atoms with Gasteiger partial charge in [-0.3, -0.25) is 14.6 Å². The molecule has 0 aliphatic carbocycles. The quantitative estimate of drug-likeness (QED) is 0.810. The van der Waals surface area contributed by atoms with Gasteiger partial charge in [0.2, 0.25) is 0 Å². The zero-order valence-corrected chi connectivity index (χ0v) is 14.9. The summed E-state index contributed by atoms with van der Waals surface area (Å²) in [5.41, 5.74) is 1.12. The lowest BCUT2D eigenvalue weighted by molar-refractivity contribution is -0.137. The van der Waals surface area contributed by atoms with Gasteiger partial charge in [0.25, 0.3) is 0 Å². The molecule has 2 atom stereocenters. The fraction of sp³-hybridized carbons (Fsp3) is 0.500. The van der Waals surface area contributed by atoms with Gasteiger partial charge in [-0.05, 0) is 5.56 Å². The van der Waals surface area contributed by atoms with Gasteiger partial charge < -0.3 is 5.11 Å². The van der Waals surface area contributed by atoms with Crippen molar-refractivity contribution in [1.29, 1.82) is 0 Å². The van der Waals surface area contributed by atoms with Crippen LogP contribution in [0.1, 0.15) is 12.0 Å². The van der Waals surface area contributed by atoms with Crippen LogP contribution in [-0.2, 0) is 14.6 Å². The van der Waals surface area contributed by atoms with Crippen molar-refractivity contribution in [2.45, 2.75) is 18.5 Å². The van der Waals surface area contributed by atoms with Crippen LogP contribution in [-0.4, -0.2) is 79.1 Å². The van der Waals surface area contributed by atoms with E-state index in [-0.39, 0.29) is 30.0 Å². The lowest BCUT2D eigenvalue weighted by Crippen LogP contribution is -2.59. The molecule has 2 saturated heterocycles. The SMILES string of the molecule is O=C(O)CCN1CCN(C/C=C/c2ccccc2)[C@H]2CS(=O)(=O)C[C@H]21. The summed E-state index contributed by atoms with van der Waals surface area (Å²) in [6.45, 7) is 2.59. The van der Waals surface area contributed by atoms with E-state index in [1.165, 1.54) is 0 Å². The van der Waals surface area contributed by atoms with E-state index in [1.807, 2.05) is 35.2 Å². The van der Waals surface area contributed by atoms with Crippen molar-refractivity contribution < 1.29 is 18.3 Å². The van der Waals surface area contributed by atoms with Crippen LogP contribution in [0.2, 0.25) is 0 Å². The second-order valence-corrected chi connectivity index (χ2v) is 8.85. The normalized spacial score (nSPS) is 26.7. The highest BCUT2D eigenvalue weighted by molar-refractivity contribution is 7.91. The molecule has 1 N–H and O–H groups in total. The molecule has 6 nitrogen and oxygen atoms in total. The number of benzene rings is 1. The molecule has 25 heavy (non-hydrogen) atoms. The van der Waals surface area contributed by atoms with E-state index < -0.39 is 15.8 Å². The zero-order chi connectivity index (χ0) is 17.9. The molecule has 0 aromatic heterocycles. The van der Waals surface area contributed by atoms with Crippen LogP contribution in [0.25, 0.3) is 6.08 Å². The van der Waals surface area contributed by atoms with Crippen molar-refractivity contribution in [2.24, 2.45) is 0 Å². The van der Waals surface area contributed by atoms with Gasteiger partial charge >= 0.3 is 5.97 Å². The smallest absolute Gasteiger partial charge is 0.304 e. The first kappa shape index (κ1) is 18.1. The van der Waals surface area contributed by atoms with E-state index in [1.54, 1.807) is 0 Å². The molecule has 0 amide bonds. The van der Waals surface area contributed by atoms with Crippen molar-refractivity contribution >= 4 is 21.9 Å². The summed E-state index contributed by atoms with van der Waals surface area (Å²) < 4.78 is 24.3. The number of aliphatic carboxylic acids is 1. The molecule has 0 radical (unpaired) electrons. The Morgan fingerprint density at radius 1 is 1.12 bits per heavy atom. The Kier molecular flexibility index (Phi) is 5.56. The average Bonchev–Trinajstić information content (AvgIpc) is 2.90. The van der Waals surface area contributed by atoms with Crippen LogP contribution < -0.4 is 0 Å². The molecule has 2 aliphatic rings. The molecule has 2 heterocycles. The summed E-state index contributed by atoms with van der Waals surface area (Å²) in [6, 6.07) is 9.87. The van der Waals surface area contributed by atoms with Crippen molar-refractivity contribution in [3.05, 3.63) is 42.0 Å². The highest BCUT2D eigenvalue weighted by atomic mass is 32.2. The lowest BCUT2D eigenvalue weighted by atomic mass is 10.0. The monoisotopic (exact) mass is 364 g/mol. The minimum atomic E-state index is -3.07. The molecule has 0 bridgehead atoms. The second-order valence-electron chi connectivity index (χ2n) is 6.70. The first-order valence-corrected chi connectivity index (χ1v) is 10.4. The van der Waals surface area contributed by atoms with Gasteiger partial charge in [0.05, 0.1) is 17.9 Å². The van der Waals surface area contributed by atoms with Gasteiger partial charge in [0.1, 0.15) is 0 Å². The van der Waals surface area contributed by atoms with E-state index in [0.717, 1.165) is 12.1 Å². The second kappa shape index (κ2) is 7.68. The van der Waals surface area contributed by atoms with Crippen molar-refractivity contribution in [2.75, 3.05) is 37.7 Å². The van der Waals surface area contributed by atoms with E-state index >= 15 is 0 Å². The number of hydrogen-bond donors (Lipinski definition) is 1. The number of carbonyl (C=O) groups is 1. The van der Waals surface area contributed by atoms with Crippen LogP contribution in [0.5, 0.6) is 0 Å². The fourth-order valence-corrected chi connectivity index (χ4v) is 5.77. The van der Waals surface area contributed by atoms with Gasteiger partial charge in [-0.1, -0.05) is 42.5 Å². The maximum Gasteiger partial charge on any atom is 0.304 e. The van der Waals surface area contributed by atoms with E-state index in [4.69, 9.17) is 5.11 Å². The summed E-state index contributed by atoms with van der Waals surface area (Å²) in [5, 5.41) is 8.90. The highest BCUT2D eigenvalue weighted by Crippen LogP contribution is 2.27. The van der Waals surface area contributed by atoms with Crippen LogP contribution in [0.3, 0.4) is 0 Å². The first-order chi connectivity index (χ1) is 11.9. The van der Waals surface area contributed by atoms with Crippen LogP contribution >= 0.6 is 0 Å². The summed E-state index contributed by atoms with van der Waals surface area (Å²) in [6.07, 6.45) is 4.18. The van der Waals surface area contributed by atoms with Gasteiger partial charge in [-0.2, -0.15) is 0 Å². The third-order valence-electron chi connectivity index (χ3n) is 4.97. The Morgan fingerprint density at radius 3 is 2.44 bits per heavy atom. The van der Waals surface area contributed by atoms with Crippen LogP contribution in [0, 0.1) is 0 Å². The lowest BCUT2D eigenvalue weighted by Gasteiger charge is -2.43. The Hall–Kier alpha value is -1.70. The molecule has 1 aromatic rings. The Bertz CT molecular complexity index is 733. The molecule has 0 saturated carbocycles. The van der Waals surface area contributed by atoms with E-state index in [2.05, 4.69) is 17.1 Å². The van der Waals surface area contributed by atoms with Gasteiger partial charge in [-0.25, -0.2) is 8.42 Å². The number of carboxylic acid groups (broad SMARTS) is 1. The predicted octanol–water partition coefficient (Wildman–Crippen LogP) is 0.958. The Labute approximate surface area is 148 Å². The topological polar surface area (TPSA) is 77.9 Å². The molecule has 136 valence electrons. The fourth-order valence-electron chi connectivity index (χ4n) is 3.73.